The smallest absolute Gasteiger partial charge is 0.185 e. The van der Waals surface area contributed by atoms with Crippen molar-refractivity contribution in [2.75, 3.05) is 0 Å². The third-order valence-electron chi connectivity index (χ3n) is 2.79. The molecule has 0 heterocycles. The number of nitrogens with zero attached hydrogens (tertiary/aromatic N) is 1. The van der Waals surface area contributed by atoms with Gasteiger partial charge in [-0.15, -0.1) is 0 Å². The van der Waals surface area contributed by atoms with Gasteiger partial charge in [0.25, 0.3) is 0 Å². The fourth-order valence-corrected chi connectivity index (χ4v) is 2.70. The summed E-state index contributed by atoms with van der Waals surface area (Å²) in [6.45, 7) is 0. The van der Waals surface area contributed by atoms with E-state index in [1.807, 2.05) is 6.07 Å². The maximum atomic E-state index is 13.5. The Hall–Kier alpha value is -1.51. The van der Waals surface area contributed by atoms with E-state index in [-0.39, 0.29) is 10.0 Å². The number of benzene rings is 2. The average molecular weight is 397 g/mol. The molecule has 0 amide bonds. The van der Waals surface area contributed by atoms with Gasteiger partial charge < -0.3 is 0 Å². The summed E-state index contributed by atoms with van der Waals surface area (Å²) < 4.78 is 14.3. The molecule has 0 N–H and O–H groups in total. The van der Waals surface area contributed by atoms with Gasteiger partial charge in [-0.25, -0.2) is 4.39 Å². The van der Waals surface area contributed by atoms with E-state index in [1.54, 1.807) is 24.3 Å². The molecule has 2 aromatic carbocycles. The van der Waals surface area contributed by atoms with E-state index >= 15 is 0 Å². The van der Waals surface area contributed by atoms with E-state index in [1.165, 1.54) is 18.2 Å². The second-order valence-corrected chi connectivity index (χ2v) is 5.79. The summed E-state index contributed by atoms with van der Waals surface area (Å²) in [5.41, 5.74) is 0.736. The maximum absolute atomic E-state index is 13.5. The number of Topliss-reactive ketones (excluding diaryl/α,β-unsaturated/α-hetero) is 1. The predicted octanol–water partition coefficient (Wildman–Crippen LogP) is 4.84. The molecule has 2 nitrogen and oxygen atoms in total. The monoisotopic (exact) mass is 395 g/mol. The number of halogens is 3. The van der Waals surface area contributed by atoms with Gasteiger partial charge in [-0.1, -0.05) is 34.1 Å². The Balaban J connectivity index is 2.45. The lowest BCUT2D eigenvalue weighted by Gasteiger charge is -2.10. The van der Waals surface area contributed by atoms with E-state index < -0.39 is 17.5 Å². The highest BCUT2D eigenvalue weighted by Crippen LogP contribution is 2.28. The molecule has 0 bridgehead atoms. The lowest BCUT2D eigenvalue weighted by Crippen LogP contribution is -2.12. The molecule has 0 saturated carbocycles. The molecule has 1 atom stereocenters. The lowest BCUT2D eigenvalue weighted by molar-refractivity contribution is 0.0977. The largest absolute Gasteiger partial charge is 0.292 e. The molecule has 5 heteroatoms. The highest BCUT2D eigenvalue weighted by Gasteiger charge is 2.24. The molecule has 0 aliphatic rings. The topological polar surface area (TPSA) is 40.9 Å². The summed E-state index contributed by atoms with van der Waals surface area (Å²) in [7, 11) is 0. The van der Waals surface area contributed by atoms with Crippen LogP contribution in [0.2, 0.25) is 0 Å². The zero-order chi connectivity index (χ0) is 14.7. The van der Waals surface area contributed by atoms with Crippen molar-refractivity contribution >= 4 is 37.6 Å². The summed E-state index contributed by atoms with van der Waals surface area (Å²) in [5.74, 6) is -1.93. The Morgan fingerprint density at radius 2 is 1.90 bits per heavy atom. The summed E-state index contributed by atoms with van der Waals surface area (Å²) >= 11 is 6.35. The first-order valence-electron chi connectivity index (χ1n) is 5.68. The van der Waals surface area contributed by atoms with Gasteiger partial charge >= 0.3 is 0 Å². The number of ketones is 1. The van der Waals surface area contributed by atoms with Gasteiger partial charge in [-0.05, 0) is 45.8 Å². The Morgan fingerprint density at radius 3 is 2.55 bits per heavy atom. The van der Waals surface area contributed by atoms with Gasteiger partial charge in [0.1, 0.15) is 11.7 Å². The van der Waals surface area contributed by atoms with Crippen molar-refractivity contribution < 1.29 is 9.18 Å². The lowest BCUT2D eigenvalue weighted by atomic mass is 9.92. The van der Waals surface area contributed by atoms with E-state index in [9.17, 15) is 14.4 Å². The van der Waals surface area contributed by atoms with Crippen molar-refractivity contribution in [3.8, 4) is 6.07 Å². The van der Waals surface area contributed by atoms with Crippen LogP contribution in [0.3, 0.4) is 0 Å². The highest BCUT2D eigenvalue weighted by atomic mass is 79.9. The van der Waals surface area contributed by atoms with E-state index in [2.05, 4.69) is 31.9 Å². The number of carbonyl (C=O) groups excluding carboxylic acids is 1. The molecule has 0 aliphatic carbocycles. The fourth-order valence-electron chi connectivity index (χ4n) is 1.82. The molecule has 2 aromatic rings. The van der Waals surface area contributed by atoms with Crippen LogP contribution in [0.5, 0.6) is 0 Å². The first-order chi connectivity index (χ1) is 9.54. The zero-order valence-corrected chi connectivity index (χ0v) is 13.3. The Kier molecular flexibility index (Phi) is 4.69. The van der Waals surface area contributed by atoms with Gasteiger partial charge in [0, 0.05) is 10.0 Å². The second-order valence-electron chi connectivity index (χ2n) is 4.08. The molecule has 0 saturated heterocycles. The van der Waals surface area contributed by atoms with Gasteiger partial charge in [0.15, 0.2) is 5.78 Å². The minimum Gasteiger partial charge on any atom is -0.292 e. The van der Waals surface area contributed by atoms with E-state index in [4.69, 9.17) is 0 Å². The molecule has 0 radical (unpaired) electrons. The SMILES string of the molecule is N#CC(C(=O)c1cccc(F)c1Br)c1cccc(Br)c1. The highest BCUT2D eigenvalue weighted by molar-refractivity contribution is 9.10. The van der Waals surface area contributed by atoms with Crippen molar-refractivity contribution in [3.63, 3.8) is 0 Å². The summed E-state index contributed by atoms with van der Waals surface area (Å²) in [4.78, 5) is 12.4. The first-order valence-corrected chi connectivity index (χ1v) is 7.26. The van der Waals surface area contributed by atoms with Crippen LogP contribution in [0.4, 0.5) is 4.39 Å². The van der Waals surface area contributed by atoms with Crippen molar-refractivity contribution in [2.45, 2.75) is 5.92 Å². The predicted molar refractivity (Wildman–Crippen MR) is 80.9 cm³/mol. The average Bonchev–Trinajstić information content (AvgIpc) is 2.42. The molecular formula is C15H8Br2FNO. The number of hydrogen-bond acceptors (Lipinski definition) is 2. The normalized spacial score (nSPS) is 11.7. The van der Waals surface area contributed by atoms with Gasteiger partial charge in [0.05, 0.1) is 10.5 Å². The third-order valence-corrected chi connectivity index (χ3v) is 4.09. The van der Waals surface area contributed by atoms with Crippen LogP contribution in [-0.4, -0.2) is 5.78 Å². The Bertz CT molecular complexity index is 709. The molecular weight excluding hydrogens is 389 g/mol. The van der Waals surface area contributed by atoms with Crippen molar-refractivity contribution in [1.29, 1.82) is 5.26 Å². The van der Waals surface area contributed by atoms with Crippen molar-refractivity contribution in [2.24, 2.45) is 0 Å². The molecule has 0 aliphatic heterocycles. The number of nitriles is 1. The van der Waals surface area contributed by atoms with Gasteiger partial charge in [-0.2, -0.15) is 5.26 Å². The quantitative estimate of drug-likeness (QED) is 0.696. The van der Waals surface area contributed by atoms with Crippen LogP contribution in [0, 0.1) is 17.1 Å². The van der Waals surface area contributed by atoms with Crippen LogP contribution in [0.15, 0.2) is 51.4 Å². The Labute approximate surface area is 132 Å². The summed E-state index contributed by atoms with van der Waals surface area (Å²) in [6.07, 6.45) is 0. The molecule has 0 aromatic heterocycles. The fraction of sp³-hybridized carbons (Fsp3) is 0.0667. The maximum Gasteiger partial charge on any atom is 0.185 e. The van der Waals surface area contributed by atoms with Gasteiger partial charge in [0.2, 0.25) is 0 Å². The second kappa shape index (κ2) is 6.29. The molecule has 100 valence electrons. The minimum atomic E-state index is -0.967. The van der Waals surface area contributed by atoms with Crippen LogP contribution in [-0.2, 0) is 0 Å². The molecule has 0 spiro atoms. The molecule has 0 fully saturated rings. The first kappa shape index (κ1) is 14.9. The standard InChI is InChI=1S/C15H8Br2FNO/c16-10-4-1-3-9(7-10)12(8-19)15(20)11-5-2-6-13(18)14(11)17/h1-7,12H. The van der Waals surface area contributed by atoms with Crippen LogP contribution >= 0.6 is 31.9 Å². The van der Waals surface area contributed by atoms with Crippen molar-refractivity contribution in [1.82, 2.24) is 0 Å². The van der Waals surface area contributed by atoms with E-state index in [0.717, 1.165) is 4.47 Å². The van der Waals surface area contributed by atoms with Crippen LogP contribution in [0.25, 0.3) is 0 Å². The number of hydrogen-bond donors (Lipinski definition) is 0. The summed E-state index contributed by atoms with van der Waals surface area (Å²) in [5, 5.41) is 9.27. The molecule has 20 heavy (non-hydrogen) atoms. The molecule has 2 rings (SSSR count). The van der Waals surface area contributed by atoms with Gasteiger partial charge in [-0.3, -0.25) is 4.79 Å². The third kappa shape index (κ3) is 2.97. The van der Waals surface area contributed by atoms with E-state index in [0.29, 0.717) is 5.56 Å². The van der Waals surface area contributed by atoms with Crippen LogP contribution < -0.4 is 0 Å². The minimum absolute atomic E-state index is 0.0836. The Morgan fingerprint density at radius 1 is 1.20 bits per heavy atom. The van der Waals surface area contributed by atoms with Crippen molar-refractivity contribution in [3.05, 3.63) is 68.4 Å². The van der Waals surface area contributed by atoms with Crippen LogP contribution in [0.1, 0.15) is 21.8 Å². The number of carbonyl (C=O) groups is 1. The number of rotatable bonds is 3. The molecule has 1 unspecified atom stereocenters. The summed E-state index contributed by atoms with van der Waals surface area (Å²) in [6, 6.07) is 13.1. The zero-order valence-electron chi connectivity index (χ0n) is 10.1.